The largest absolute Gasteiger partial charge is 0.356 e. The molecule has 34 heavy (non-hydrogen) atoms. The minimum atomic E-state index is -0.651. The van der Waals surface area contributed by atoms with Crippen LogP contribution in [-0.4, -0.2) is 55.2 Å². The molecule has 0 aromatic carbocycles. The number of amides is 5. The van der Waals surface area contributed by atoms with Gasteiger partial charge in [0.15, 0.2) is 0 Å². The molecule has 5 amide bonds. The number of nitrogens with one attached hydrogen (secondary N) is 4. The normalized spacial score (nSPS) is 9.94. The molecule has 1 unspecified atom stereocenters. The highest BCUT2D eigenvalue weighted by atomic mass is 16.2. The Morgan fingerprint density at radius 3 is 1.74 bits per heavy atom. The summed E-state index contributed by atoms with van der Waals surface area (Å²) in [7, 11) is 0. The number of rotatable bonds is 13. The second-order valence-electron chi connectivity index (χ2n) is 7.16. The first-order valence-corrected chi connectivity index (χ1v) is 12.4. The minimum Gasteiger partial charge on any atom is -0.356 e. The Balaban J connectivity index is -0.000000343. The molecular weight excluding hydrogens is 438 g/mol. The zero-order valence-electron chi connectivity index (χ0n) is 22.9. The van der Waals surface area contributed by atoms with Crippen molar-refractivity contribution >= 4 is 29.5 Å². The molecule has 0 aliphatic rings. The third-order valence-corrected chi connectivity index (χ3v) is 3.80. The Morgan fingerprint density at radius 1 is 0.794 bits per heavy atom. The van der Waals surface area contributed by atoms with Crippen LogP contribution in [0.1, 0.15) is 94.4 Å². The summed E-state index contributed by atoms with van der Waals surface area (Å²) < 4.78 is 0. The zero-order chi connectivity index (χ0) is 27.5. The van der Waals surface area contributed by atoms with E-state index in [0.29, 0.717) is 38.8 Å². The van der Waals surface area contributed by atoms with Gasteiger partial charge in [-0.15, -0.1) is 0 Å². The summed E-state index contributed by atoms with van der Waals surface area (Å²) in [6.45, 7) is 18.0. The topological polar surface area (TPSA) is 159 Å². The molecule has 0 heterocycles. The first-order valence-electron chi connectivity index (χ1n) is 12.4. The highest BCUT2D eigenvalue weighted by molar-refractivity contribution is 5.90. The number of unbranched alkanes of at least 4 members (excludes halogenated alkanes) is 1. The van der Waals surface area contributed by atoms with Gasteiger partial charge >= 0.3 is 6.03 Å². The lowest BCUT2D eigenvalue weighted by atomic mass is 10.0. The van der Waals surface area contributed by atoms with Crippen LogP contribution in [0.2, 0.25) is 0 Å². The van der Waals surface area contributed by atoms with Crippen LogP contribution in [-0.2, 0) is 19.2 Å². The molecule has 0 aliphatic carbocycles. The summed E-state index contributed by atoms with van der Waals surface area (Å²) >= 11 is 0. The molecule has 0 saturated heterocycles. The summed E-state index contributed by atoms with van der Waals surface area (Å²) in [4.78, 5) is 55.7. The molecular formula is C24H51N5O5. The first-order chi connectivity index (χ1) is 16.0. The predicted octanol–water partition coefficient (Wildman–Crippen LogP) is 2.65. The number of Topliss-reactive ketones (excluding diaryl/α,β-unsaturated/α-hetero) is 1. The Bertz CT molecular complexity index is 554. The van der Waals surface area contributed by atoms with Crippen molar-refractivity contribution < 1.29 is 24.0 Å². The third kappa shape index (κ3) is 29.4. The van der Waals surface area contributed by atoms with E-state index >= 15 is 0 Å². The quantitative estimate of drug-likeness (QED) is 0.251. The molecule has 0 aliphatic heterocycles. The number of ketones is 1. The van der Waals surface area contributed by atoms with Gasteiger partial charge in [-0.25, -0.2) is 4.79 Å². The van der Waals surface area contributed by atoms with Crippen molar-refractivity contribution in [2.75, 3.05) is 19.6 Å². The Hall–Kier alpha value is -2.65. The molecule has 10 heteroatoms. The van der Waals surface area contributed by atoms with E-state index in [1.54, 1.807) is 6.92 Å². The van der Waals surface area contributed by atoms with Crippen molar-refractivity contribution in [3.63, 3.8) is 0 Å². The lowest BCUT2D eigenvalue weighted by Gasteiger charge is -2.21. The molecule has 0 spiro atoms. The molecule has 10 nitrogen and oxygen atoms in total. The minimum absolute atomic E-state index is 0.00327. The summed E-state index contributed by atoms with van der Waals surface area (Å²) in [5, 5.41) is 10.4. The van der Waals surface area contributed by atoms with Crippen LogP contribution in [0.3, 0.4) is 0 Å². The van der Waals surface area contributed by atoms with Crippen LogP contribution in [0, 0.1) is 5.92 Å². The molecule has 0 saturated carbocycles. The van der Waals surface area contributed by atoms with Gasteiger partial charge in [0.05, 0.1) is 6.54 Å². The van der Waals surface area contributed by atoms with Crippen LogP contribution in [0.5, 0.6) is 0 Å². The fourth-order valence-electron chi connectivity index (χ4n) is 2.11. The van der Waals surface area contributed by atoms with Crippen molar-refractivity contribution in [1.82, 2.24) is 21.3 Å². The maximum atomic E-state index is 12.0. The smallest absolute Gasteiger partial charge is 0.312 e. The lowest BCUT2D eigenvalue weighted by Crippen LogP contribution is -2.50. The summed E-state index contributed by atoms with van der Waals surface area (Å²) in [6, 6.07) is -1.09. The number of urea groups is 1. The Morgan fingerprint density at radius 2 is 1.35 bits per heavy atom. The fraction of sp³-hybridized carbons (Fsp3) is 0.792. The SMILES string of the molecule is CC.CC.CCC(=O)NCCCCC(=O)NC(C(=O)NCC(C)=O)C(C)C.CCCNC(N)=O. The van der Waals surface area contributed by atoms with Crippen molar-refractivity contribution in [3.8, 4) is 0 Å². The van der Waals surface area contributed by atoms with Crippen LogP contribution < -0.4 is 27.0 Å². The van der Waals surface area contributed by atoms with E-state index in [1.165, 1.54) is 6.92 Å². The van der Waals surface area contributed by atoms with E-state index in [-0.39, 0.29) is 36.0 Å². The van der Waals surface area contributed by atoms with Gasteiger partial charge in [0.2, 0.25) is 17.7 Å². The maximum absolute atomic E-state index is 12.0. The highest BCUT2D eigenvalue weighted by Crippen LogP contribution is 2.03. The molecule has 6 N–H and O–H groups in total. The van der Waals surface area contributed by atoms with Crippen LogP contribution in [0.15, 0.2) is 0 Å². The van der Waals surface area contributed by atoms with E-state index in [9.17, 15) is 24.0 Å². The van der Waals surface area contributed by atoms with E-state index in [4.69, 9.17) is 5.73 Å². The van der Waals surface area contributed by atoms with Crippen molar-refractivity contribution in [2.45, 2.75) is 100 Å². The van der Waals surface area contributed by atoms with Gasteiger partial charge in [0.25, 0.3) is 0 Å². The van der Waals surface area contributed by atoms with E-state index in [2.05, 4.69) is 21.3 Å². The molecule has 202 valence electrons. The monoisotopic (exact) mass is 489 g/mol. The van der Waals surface area contributed by atoms with Gasteiger partial charge < -0.3 is 27.0 Å². The fourth-order valence-corrected chi connectivity index (χ4v) is 2.11. The second kappa shape index (κ2) is 28.4. The number of carbonyl (C=O) groups excluding carboxylic acids is 5. The van der Waals surface area contributed by atoms with Gasteiger partial charge in [-0.3, -0.25) is 19.2 Å². The lowest BCUT2D eigenvalue weighted by molar-refractivity contribution is -0.131. The van der Waals surface area contributed by atoms with Gasteiger partial charge in [0, 0.05) is 25.9 Å². The molecule has 0 aromatic heterocycles. The first kappa shape index (κ1) is 38.6. The third-order valence-electron chi connectivity index (χ3n) is 3.80. The Labute approximate surface area is 206 Å². The van der Waals surface area contributed by atoms with Crippen LogP contribution >= 0.6 is 0 Å². The van der Waals surface area contributed by atoms with Crippen molar-refractivity contribution in [3.05, 3.63) is 0 Å². The average molecular weight is 490 g/mol. The summed E-state index contributed by atoms with van der Waals surface area (Å²) in [5.74, 6) is -0.769. The van der Waals surface area contributed by atoms with Gasteiger partial charge in [-0.2, -0.15) is 0 Å². The number of primary amides is 1. The van der Waals surface area contributed by atoms with E-state index < -0.39 is 12.1 Å². The number of hydrogen-bond donors (Lipinski definition) is 5. The second-order valence-corrected chi connectivity index (χ2v) is 7.16. The highest BCUT2D eigenvalue weighted by Gasteiger charge is 2.23. The molecule has 0 radical (unpaired) electrons. The maximum Gasteiger partial charge on any atom is 0.312 e. The standard InChI is InChI=1S/C16H29N3O4.C4H10N2O.2C2H6/c1-5-13(21)17-9-7-6-8-14(22)19-15(11(2)3)16(23)18-10-12(4)20;1-2-3-6-4(5)7;2*1-2/h11,15H,5-10H2,1-4H3,(H,17,21)(H,18,23)(H,19,22);2-3H2,1H3,(H3,5,6,7);2*1-2H3. The average Bonchev–Trinajstić information content (AvgIpc) is 2.81. The van der Waals surface area contributed by atoms with Gasteiger partial charge in [0.1, 0.15) is 11.8 Å². The molecule has 0 fully saturated rings. The van der Waals surface area contributed by atoms with Gasteiger partial charge in [-0.05, 0) is 32.1 Å². The molecule has 0 bridgehead atoms. The molecule has 0 aromatic rings. The van der Waals surface area contributed by atoms with Crippen molar-refractivity contribution in [1.29, 1.82) is 0 Å². The van der Waals surface area contributed by atoms with Crippen molar-refractivity contribution in [2.24, 2.45) is 11.7 Å². The van der Waals surface area contributed by atoms with Crippen LogP contribution in [0.4, 0.5) is 4.79 Å². The summed E-state index contributed by atoms with van der Waals surface area (Å²) in [6.07, 6.45) is 3.03. The number of hydrogen-bond acceptors (Lipinski definition) is 5. The van der Waals surface area contributed by atoms with Crippen LogP contribution in [0.25, 0.3) is 0 Å². The summed E-state index contributed by atoms with van der Waals surface area (Å²) in [5.41, 5.74) is 4.73. The Kier molecular flexibility index (Phi) is 32.2. The van der Waals surface area contributed by atoms with Gasteiger partial charge in [-0.1, -0.05) is 55.4 Å². The number of nitrogens with two attached hydrogens (primary N) is 1. The number of carbonyl (C=O) groups is 5. The zero-order valence-corrected chi connectivity index (χ0v) is 22.9. The molecule has 0 rings (SSSR count). The van der Waals surface area contributed by atoms with E-state index in [0.717, 1.165) is 6.42 Å². The predicted molar refractivity (Wildman–Crippen MR) is 138 cm³/mol. The van der Waals surface area contributed by atoms with E-state index in [1.807, 2.05) is 48.5 Å². The molecule has 1 atom stereocenters.